The molecule has 0 spiro atoms. The van der Waals surface area contributed by atoms with E-state index >= 15 is 0 Å². The maximum Gasteiger partial charge on any atom is 0.306 e. The first-order chi connectivity index (χ1) is 23.1. The van der Waals surface area contributed by atoms with Crippen LogP contribution in [-0.4, -0.2) is 48.6 Å². The summed E-state index contributed by atoms with van der Waals surface area (Å²) in [6, 6.07) is 0. The normalized spacial score (nSPS) is 16.5. The van der Waals surface area contributed by atoms with E-state index in [0.29, 0.717) is 25.0 Å². The van der Waals surface area contributed by atoms with E-state index in [1.165, 1.54) is 122 Å². The lowest BCUT2D eigenvalue weighted by molar-refractivity contribution is -0.161. The van der Waals surface area contributed by atoms with Gasteiger partial charge >= 0.3 is 11.9 Å². The zero-order valence-corrected chi connectivity index (χ0v) is 31.0. The van der Waals surface area contributed by atoms with Gasteiger partial charge in [0.05, 0.1) is 18.8 Å². The molecular formula is C41H76O6. The van der Waals surface area contributed by atoms with Crippen molar-refractivity contribution in [3.8, 4) is 0 Å². The Morgan fingerprint density at radius 3 is 1.60 bits per heavy atom. The van der Waals surface area contributed by atoms with Crippen molar-refractivity contribution in [1.82, 2.24) is 0 Å². The van der Waals surface area contributed by atoms with Crippen LogP contribution in [0.5, 0.6) is 0 Å². The third-order valence-electron chi connectivity index (χ3n) is 9.48. The Labute approximate surface area is 290 Å². The van der Waals surface area contributed by atoms with Crippen LogP contribution in [-0.2, 0) is 23.8 Å². The third kappa shape index (κ3) is 29.3. The predicted molar refractivity (Wildman–Crippen MR) is 196 cm³/mol. The average molecular weight is 665 g/mol. The summed E-state index contributed by atoms with van der Waals surface area (Å²) in [5, 5.41) is 9.57. The fourth-order valence-electron chi connectivity index (χ4n) is 6.27. The summed E-state index contributed by atoms with van der Waals surface area (Å²) < 4.78 is 16.4. The van der Waals surface area contributed by atoms with Crippen LogP contribution >= 0.6 is 0 Å². The molecule has 6 heteroatoms. The number of hydrogen-bond donors (Lipinski definition) is 1. The molecule has 47 heavy (non-hydrogen) atoms. The van der Waals surface area contributed by atoms with Gasteiger partial charge in [-0.1, -0.05) is 167 Å². The Kier molecular flexibility index (Phi) is 30.7. The molecule has 0 aromatic heterocycles. The summed E-state index contributed by atoms with van der Waals surface area (Å²) in [6.45, 7) is 4.10. The standard InChI is InChI=1S/C41H76O6/c1-3-5-7-9-11-12-13-14-15-16-17-18-19-20-21-25-30-34-41(44)46-37(35-42)36-45-40(43)33-29-26-22-24-28-32-39-38(47-39)31-27-23-10-8-6-4-2/h23,27,37-39,42H,3-22,24-26,28-36H2,1-2H3/b27-23-/t37-,38?,39?/m0/s1. The number of unbranched alkanes of at least 4 members (excludes halogenated alkanes) is 23. The first-order valence-electron chi connectivity index (χ1n) is 20.4. The summed E-state index contributed by atoms with van der Waals surface area (Å²) in [6.07, 6.45) is 40.1. The number of ether oxygens (including phenoxy) is 3. The highest BCUT2D eigenvalue weighted by molar-refractivity contribution is 5.70. The number of carbonyl (C=O) groups excluding carboxylic acids is 2. The molecule has 6 nitrogen and oxygen atoms in total. The first-order valence-corrected chi connectivity index (χ1v) is 20.4. The summed E-state index contributed by atoms with van der Waals surface area (Å²) in [5.74, 6) is -0.604. The van der Waals surface area contributed by atoms with E-state index in [-0.39, 0.29) is 25.2 Å². The van der Waals surface area contributed by atoms with Gasteiger partial charge in [-0.25, -0.2) is 0 Å². The van der Waals surface area contributed by atoms with E-state index in [2.05, 4.69) is 26.0 Å². The molecule has 2 unspecified atom stereocenters. The topological polar surface area (TPSA) is 85.4 Å². The molecule has 1 aliphatic rings. The highest BCUT2D eigenvalue weighted by Gasteiger charge is 2.36. The smallest absolute Gasteiger partial charge is 0.306 e. The van der Waals surface area contributed by atoms with Crippen molar-refractivity contribution in [3.63, 3.8) is 0 Å². The van der Waals surface area contributed by atoms with Crippen molar-refractivity contribution in [3.05, 3.63) is 12.2 Å². The largest absolute Gasteiger partial charge is 0.462 e. The Morgan fingerprint density at radius 1 is 0.596 bits per heavy atom. The predicted octanol–water partition coefficient (Wildman–Crippen LogP) is 11.5. The highest BCUT2D eigenvalue weighted by atomic mass is 16.6. The number of aliphatic hydroxyl groups is 1. The monoisotopic (exact) mass is 665 g/mol. The second-order valence-corrected chi connectivity index (χ2v) is 14.1. The molecule has 1 aliphatic heterocycles. The van der Waals surface area contributed by atoms with Crippen LogP contribution in [0.25, 0.3) is 0 Å². The molecule has 0 aromatic rings. The highest BCUT2D eigenvalue weighted by Crippen LogP contribution is 2.30. The van der Waals surface area contributed by atoms with Gasteiger partial charge in [0.2, 0.25) is 0 Å². The van der Waals surface area contributed by atoms with Gasteiger partial charge in [0.15, 0.2) is 6.10 Å². The molecular weight excluding hydrogens is 588 g/mol. The lowest BCUT2D eigenvalue weighted by Crippen LogP contribution is -2.28. The fraction of sp³-hybridized carbons (Fsp3) is 0.902. The number of esters is 2. The molecule has 0 aromatic carbocycles. The molecule has 1 N–H and O–H groups in total. The molecule has 1 rings (SSSR count). The molecule has 1 fully saturated rings. The van der Waals surface area contributed by atoms with Crippen molar-refractivity contribution in [2.24, 2.45) is 0 Å². The number of rotatable bonds is 36. The minimum absolute atomic E-state index is 0.0728. The van der Waals surface area contributed by atoms with Gasteiger partial charge in [0.25, 0.3) is 0 Å². The van der Waals surface area contributed by atoms with E-state index in [9.17, 15) is 14.7 Å². The van der Waals surface area contributed by atoms with Crippen LogP contribution in [0.1, 0.15) is 206 Å². The third-order valence-corrected chi connectivity index (χ3v) is 9.48. The van der Waals surface area contributed by atoms with Gasteiger partial charge in [-0.3, -0.25) is 9.59 Å². The SMILES string of the molecule is CCCCC/C=C\CC1OC1CCCCCCCC(=O)OC[C@H](CO)OC(=O)CCCCCCCCCCCCCCCCCCC. The minimum Gasteiger partial charge on any atom is -0.462 e. The zero-order chi connectivity index (χ0) is 34.0. The summed E-state index contributed by atoms with van der Waals surface area (Å²) >= 11 is 0. The number of allylic oxidation sites excluding steroid dienone is 1. The number of carbonyl (C=O) groups is 2. The Hall–Kier alpha value is -1.40. The summed E-state index contributed by atoms with van der Waals surface area (Å²) in [7, 11) is 0. The maximum absolute atomic E-state index is 12.2. The van der Waals surface area contributed by atoms with E-state index in [1.54, 1.807) is 0 Å². The Bertz CT molecular complexity index is 737. The maximum atomic E-state index is 12.2. The van der Waals surface area contributed by atoms with Crippen molar-refractivity contribution < 1.29 is 28.9 Å². The minimum atomic E-state index is -0.776. The van der Waals surface area contributed by atoms with Crippen LogP contribution in [0.4, 0.5) is 0 Å². The van der Waals surface area contributed by atoms with Crippen molar-refractivity contribution >= 4 is 11.9 Å². The molecule has 1 saturated heterocycles. The van der Waals surface area contributed by atoms with E-state index in [4.69, 9.17) is 14.2 Å². The van der Waals surface area contributed by atoms with Crippen molar-refractivity contribution in [2.45, 2.75) is 225 Å². The van der Waals surface area contributed by atoms with E-state index in [1.807, 2.05) is 0 Å². The molecule has 0 amide bonds. The van der Waals surface area contributed by atoms with Crippen molar-refractivity contribution in [1.29, 1.82) is 0 Å². The Balaban J connectivity index is 1.86. The lowest BCUT2D eigenvalue weighted by atomic mass is 10.0. The van der Waals surface area contributed by atoms with Crippen LogP contribution in [0.3, 0.4) is 0 Å². The number of hydrogen-bond acceptors (Lipinski definition) is 6. The lowest BCUT2D eigenvalue weighted by Gasteiger charge is -2.15. The Morgan fingerprint density at radius 2 is 1.06 bits per heavy atom. The molecule has 0 aliphatic carbocycles. The van der Waals surface area contributed by atoms with Gasteiger partial charge in [0.1, 0.15) is 6.61 Å². The molecule has 0 saturated carbocycles. The summed E-state index contributed by atoms with van der Waals surface area (Å²) in [4.78, 5) is 24.3. The van der Waals surface area contributed by atoms with Gasteiger partial charge in [0, 0.05) is 12.8 Å². The van der Waals surface area contributed by atoms with E-state index in [0.717, 1.165) is 57.8 Å². The quantitative estimate of drug-likeness (QED) is 0.0310. The number of epoxide rings is 1. The molecule has 1 heterocycles. The van der Waals surface area contributed by atoms with Crippen LogP contribution < -0.4 is 0 Å². The van der Waals surface area contributed by atoms with Gasteiger partial charge in [-0.2, -0.15) is 0 Å². The average Bonchev–Trinajstić information content (AvgIpc) is 3.83. The molecule has 276 valence electrons. The molecule has 0 bridgehead atoms. The van der Waals surface area contributed by atoms with Gasteiger partial charge in [-0.15, -0.1) is 0 Å². The number of aliphatic hydroxyl groups excluding tert-OH is 1. The second-order valence-electron chi connectivity index (χ2n) is 14.1. The molecule has 3 atom stereocenters. The fourth-order valence-corrected chi connectivity index (χ4v) is 6.27. The van der Waals surface area contributed by atoms with Crippen LogP contribution in [0, 0.1) is 0 Å². The van der Waals surface area contributed by atoms with Gasteiger partial charge in [-0.05, 0) is 38.5 Å². The van der Waals surface area contributed by atoms with E-state index < -0.39 is 6.10 Å². The van der Waals surface area contributed by atoms with Gasteiger partial charge < -0.3 is 19.3 Å². The van der Waals surface area contributed by atoms with Crippen LogP contribution in [0.2, 0.25) is 0 Å². The first kappa shape index (κ1) is 43.6. The van der Waals surface area contributed by atoms with Crippen LogP contribution in [0.15, 0.2) is 12.2 Å². The van der Waals surface area contributed by atoms with Crippen molar-refractivity contribution in [2.75, 3.05) is 13.2 Å². The molecule has 0 radical (unpaired) electrons. The zero-order valence-electron chi connectivity index (χ0n) is 31.0. The summed E-state index contributed by atoms with van der Waals surface area (Å²) in [5.41, 5.74) is 0. The second kappa shape index (κ2) is 33.1.